The van der Waals surface area contributed by atoms with Crippen molar-refractivity contribution in [2.45, 2.75) is 59.5 Å². The molecule has 1 aromatic rings. The van der Waals surface area contributed by atoms with Crippen LogP contribution >= 0.6 is 0 Å². The number of phenolic OH excluding ortho intramolecular Hbond substituents is 1. The van der Waals surface area contributed by atoms with E-state index in [1.165, 1.54) is 12.8 Å². The molecule has 2 nitrogen and oxygen atoms in total. The first-order chi connectivity index (χ1) is 8.40. The van der Waals surface area contributed by atoms with Crippen LogP contribution in [0, 0.1) is 12.8 Å². The van der Waals surface area contributed by atoms with E-state index in [2.05, 4.69) is 33.0 Å². The number of nitrogens with one attached hydrogen (secondary N) is 1. The summed E-state index contributed by atoms with van der Waals surface area (Å²) in [6, 6.07) is 6.55. The molecule has 0 aliphatic carbocycles. The van der Waals surface area contributed by atoms with Gasteiger partial charge in [0.25, 0.3) is 0 Å². The highest BCUT2D eigenvalue weighted by Crippen LogP contribution is 2.25. The molecule has 0 bridgehead atoms. The number of hydrogen-bond acceptors (Lipinski definition) is 2. The molecule has 1 rings (SSSR count). The second-order valence-corrected chi connectivity index (χ2v) is 5.82. The molecule has 0 saturated heterocycles. The van der Waals surface area contributed by atoms with Crippen molar-refractivity contribution < 1.29 is 5.11 Å². The lowest BCUT2D eigenvalue weighted by Gasteiger charge is -2.22. The van der Waals surface area contributed by atoms with Gasteiger partial charge < -0.3 is 10.4 Å². The highest BCUT2D eigenvalue weighted by atomic mass is 16.3. The van der Waals surface area contributed by atoms with Gasteiger partial charge in [0.2, 0.25) is 0 Å². The normalized spacial score (nSPS) is 14.8. The van der Waals surface area contributed by atoms with E-state index in [-0.39, 0.29) is 6.04 Å². The van der Waals surface area contributed by atoms with Crippen LogP contribution in [0.4, 0.5) is 0 Å². The predicted octanol–water partition coefficient (Wildman–Crippen LogP) is 4.18. The van der Waals surface area contributed by atoms with E-state index in [0.717, 1.165) is 17.0 Å². The maximum absolute atomic E-state index is 9.95. The van der Waals surface area contributed by atoms with E-state index in [0.29, 0.717) is 11.8 Å². The van der Waals surface area contributed by atoms with Gasteiger partial charge in [-0.3, -0.25) is 0 Å². The van der Waals surface area contributed by atoms with E-state index in [1.54, 1.807) is 0 Å². The minimum absolute atomic E-state index is 0.188. The summed E-state index contributed by atoms with van der Waals surface area (Å²) in [4.78, 5) is 0. The fourth-order valence-electron chi connectivity index (χ4n) is 2.20. The lowest BCUT2D eigenvalue weighted by Crippen LogP contribution is -2.29. The molecule has 2 heteroatoms. The number of phenols is 1. The van der Waals surface area contributed by atoms with Crippen LogP contribution < -0.4 is 5.32 Å². The molecule has 0 aliphatic heterocycles. The van der Waals surface area contributed by atoms with Gasteiger partial charge >= 0.3 is 0 Å². The van der Waals surface area contributed by atoms with E-state index < -0.39 is 0 Å². The van der Waals surface area contributed by atoms with Crippen molar-refractivity contribution in [2.75, 3.05) is 0 Å². The molecule has 2 atom stereocenters. The highest BCUT2D eigenvalue weighted by Gasteiger charge is 2.13. The van der Waals surface area contributed by atoms with Gasteiger partial charge in [0, 0.05) is 17.6 Å². The second-order valence-electron chi connectivity index (χ2n) is 5.82. The molecule has 18 heavy (non-hydrogen) atoms. The molecule has 0 aliphatic rings. The Morgan fingerprint density at radius 3 is 2.33 bits per heavy atom. The average molecular weight is 249 g/mol. The first kappa shape index (κ1) is 15.0. The fraction of sp³-hybridized carbons (Fsp3) is 0.625. The molecule has 0 radical (unpaired) electrons. The lowest BCUT2D eigenvalue weighted by atomic mass is 10.0. The standard InChI is InChI=1S/C16H27NO/c1-11(2)6-8-13(4)17-14(5)15-9-7-12(3)10-16(15)18/h7,9-11,13-14,17-18H,6,8H2,1-5H3. The number of rotatable bonds is 6. The lowest BCUT2D eigenvalue weighted by molar-refractivity contribution is 0.403. The van der Waals surface area contributed by atoms with Crippen molar-refractivity contribution >= 4 is 0 Å². The summed E-state index contributed by atoms with van der Waals surface area (Å²) in [5.74, 6) is 1.14. The number of aromatic hydroxyl groups is 1. The van der Waals surface area contributed by atoms with E-state index in [9.17, 15) is 5.11 Å². The highest BCUT2D eigenvalue weighted by molar-refractivity contribution is 5.37. The third kappa shape index (κ3) is 4.69. The van der Waals surface area contributed by atoms with Gasteiger partial charge in [0.05, 0.1) is 0 Å². The van der Waals surface area contributed by atoms with E-state index in [1.807, 2.05) is 25.1 Å². The van der Waals surface area contributed by atoms with Crippen molar-refractivity contribution in [1.82, 2.24) is 5.32 Å². The van der Waals surface area contributed by atoms with Crippen molar-refractivity contribution in [1.29, 1.82) is 0 Å². The molecule has 0 amide bonds. The summed E-state index contributed by atoms with van der Waals surface area (Å²) >= 11 is 0. The summed E-state index contributed by atoms with van der Waals surface area (Å²) in [5, 5.41) is 13.5. The van der Waals surface area contributed by atoms with Crippen LogP contribution in [0.1, 0.15) is 57.7 Å². The first-order valence-corrected chi connectivity index (χ1v) is 6.95. The van der Waals surface area contributed by atoms with Crippen molar-refractivity contribution in [2.24, 2.45) is 5.92 Å². The molecule has 0 fully saturated rings. The molecule has 0 saturated carbocycles. The van der Waals surface area contributed by atoms with Gasteiger partial charge in [-0.25, -0.2) is 0 Å². The molecule has 0 spiro atoms. The van der Waals surface area contributed by atoms with E-state index in [4.69, 9.17) is 0 Å². The van der Waals surface area contributed by atoms with Gasteiger partial charge in [0.15, 0.2) is 0 Å². The van der Waals surface area contributed by atoms with Crippen LogP contribution in [-0.4, -0.2) is 11.1 Å². The topological polar surface area (TPSA) is 32.3 Å². The zero-order chi connectivity index (χ0) is 13.7. The SMILES string of the molecule is Cc1ccc(C(C)NC(C)CCC(C)C)c(O)c1. The average Bonchev–Trinajstić information content (AvgIpc) is 2.26. The van der Waals surface area contributed by atoms with Crippen molar-refractivity contribution in [3.8, 4) is 5.75 Å². The van der Waals surface area contributed by atoms with Crippen LogP contribution in [0.3, 0.4) is 0 Å². The second kappa shape index (κ2) is 6.79. The summed E-state index contributed by atoms with van der Waals surface area (Å²) in [6.45, 7) is 10.8. The van der Waals surface area contributed by atoms with Gasteiger partial charge in [-0.15, -0.1) is 0 Å². The Labute approximate surface area is 111 Å². The van der Waals surface area contributed by atoms with Crippen LogP contribution in [0.5, 0.6) is 5.75 Å². The summed E-state index contributed by atoms with van der Waals surface area (Å²) in [6.07, 6.45) is 2.41. The Bertz CT molecular complexity index is 373. The van der Waals surface area contributed by atoms with Gasteiger partial charge in [-0.05, 0) is 51.2 Å². The Balaban J connectivity index is 2.56. The monoisotopic (exact) mass is 249 g/mol. The minimum atomic E-state index is 0.188. The third-order valence-corrected chi connectivity index (χ3v) is 3.36. The van der Waals surface area contributed by atoms with Crippen LogP contribution in [0.2, 0.25) is 0 Å². The zero-order valence-corrected chi connectivity index (χ0v) is 12.3. The van der Waals surface area contributed by atoms with Crippen molar-refractivity contribution in [3.63, 3.8) is 0 Å². The Morgan fingerprint density at radius 1 is 1.11 bits per heavy atom. The van der Waals surface area contributed by atoms with Gasteiger partial charge in [-0.1, -0.05) is 26.0 Å². The molecular weight excluding hydrogens is 222 g/mol. The first-order valence-electron chi connectivity index (χ1n) is 6.95. The molecule has 2 N–H and O–H groups in total. The largest absolute Gasteiger partial charge is 0.508 e. The van der Waals surface area contributed by atoms with Crippen LogP contribution in [-0.2, 0) is 0 Å². The fourth-order valence-corrected chi connectivity index (χ4v) is 2.20. The summed E-state index contributed by atoms with van der Waals surface area (Å²) in [5.41, 5.74) is 2.08. The summed E-state index contributed by atoms with van der Waals surface area (Å²) < 4.78 is 0. The van der Waals surface area contributed by atoms with E-state index >= 15 is 0 Å². The Kier molecular flexibility index (Phi) is 5.67. The quantitative estimate of drug-likeness (QED) is 0.793. The predicted molar refractivity (Wildman–Crippen MR) is 77.9 cm³/mol. The number of aryl methyl sites for hydroxylation is 1. The van der Waals surface area contributed by atoms with Gasteiger partial charge in [0.1, 0.15) is 5.75 Å². The summed E-state index contributed by atoms with van der Waals surface area (Å²) in [7, 11) is 0. The maximum Gasteiger partial charge on any atom is 0.120 e. The molecule has 0 aromatic heterocycles. The minimum Gasteiger partial charge on any atom is -0.508 e. The molecular formula is C16H27NO. The molecule has 0 heterocycles. The molecule has 102 valence electrons. The molecule has 2 unspecified atom stereocenters. The van der Waals surface area contributed by atoms with Crippen LogP contribution in [0.15, 0.2) is 18.2 Å². The smallest absolute Gasteiger partial charge is 0.120 e. The Morgan fingerprint density at radius 2 is 1.78 bits per heavy atom. The van der Waals surface area contributed by atoms with Gasteiger partial charge in [-0.2, -0.15) is 0 Å². The Hall–Kier alpha value is -1.02. The number of benzene rings is 1. The zero-order valence-electron chi connectivity index (χ0n) is 12.3. The third-order valence-electron chi connectivity index (χ3n) is 3.36. The van der Waals surface area contributed by atoms with Crippen molar-refractivity contribution in [3.05, 3.63) is 29.3 Å². The maximum atomic E-state index is 9.95. The number of hydrogen-bond donors (Lipinski definition) is 2. The van der Waals surface area contributed by atoms with Crippen LogP contribution in [0.25, 0.3) is 0 Å². The molecule has 1 aromatic carbocycles.